The third-order valence-corrected chi connectivity index (χ3v) is 3.50. The first kappa shape index (κ1) is 19.1. The van der Waals surface area contributed by atoms with Crippen molar-refractivity contribution in [2.24, 2.45) is 0 Å². The summed E-state index contributed by atoms with van der Waals surface area (Å²) in [5.41, 5.74) is 8.39. The van der Waals surface area contributed by atoms with E-state index in [4.69, 9.17) is 15.2 Å². The van der Waals surface area contributed by atoms with Gasteiger partial charge in [-0.3, -0.25) is 0 Å². The molecule has 0 saturated carbocycles. The van der Waals surface area contributed by atoms with Crippen molar-refractivity contribution in [1.29, 1.82) is 0 Å². The lowest BCUT2D eigenvalue weighted by molar-refractivity contribution is 0.0600. The molecule has 0 atom stereocenters. The van der Waals surface area contributed by atoms with Gasteiger partial charge in [0, 0.05) is 12.2 Å². The molecule has 0 heterocycles. The number of carbonyl (C=O) groups excluding carboxylic acids is 2. The lowest BCUT2D eigenvalue weighted by Crippen LogP contribution is -2.24. The summed E-state index contributed by atoms with van der Waals surface area (Å²) in [6, 6.07) is 14.5. The Hall–Kier alpha value is -3.28. The molecule has 2 aromatic carbocycles. The van der Waals surface area contributed by atoms with Crippen LogP contribution in [-0.4, -0.2) is 25.7 Å². The van der Waals surface area contributed by atoms with E-state index in [2.05, 4.69) is 5.32 Å². The minimum atomic E-state index is -0.459. The van der Waals surface area contributed by atoms with E-state index in [1.807, 2.05) is 42.5 Å². The SMILES string of the molecule is COC(=O)c1cc(N)cc(C=CCCNC(=O)OCc2ccccc2)c1. The molecule has 0 aliphatic carbocycles. The minimum Gasteiger partial charge on any atom is -0.465 e. The normalized spacial score (nSPS) is 10.5. The predicted octanol–water partition coefficient (Wildman–Crippen LogP) is 3.39. The molecule has 0 radical (unpaired) electrons. The highest BCUT2D eigenvalue weighted by atomic mass is 16.5. The second-order valence-corrected chi connectivity index (χ2v) is 5.56. The second-order valence-electron chi connectivity index (χ2n) is 5.56. The summed E-state index contributed by atoms with van der Waals surface area (Å²) in [4.78, 5) is 23.2. The summed E-state index contributed by atoms with van der Waals surface area (Å²) in [6.07, 6.45) is 3.87. The van der Waals surface area contributed by atoms with Crippen molar-refractivity contribution in [2.75, 3.05) is 19.4 Å². The van der Waals surface area contributed by atoms with Gasteiger partial charge in [0.05, 0.1) is 12.7 Å². The molecule has 136 valence electrons. The van der Waals surface area contributed by atoms with Crippen molar-refractivity contribution in [3.8, 4) is 0 Å². The monoisotopic (exact) mass is 354 g/mol. The van der Waals surface area contributed by atoms with E-state index in [-0.39, 0.29) is 6.61 Å². The molecule has 0 fully saturated rings. The summed E-state index contributed by atoms with van der Waals surface area (Å²) >= 11 is 0. The van der Waals surface area contributed by atoms with E-state index in [1.54, 1.807) is 18.2 Å². The largest absolute Gasteiger partial charge is 0.465 e. The Morgan fingerprint density at radius 1 is 1.15 bits per heavy atom. The highest BCUT2D eigenvalue weighted by Gasteiger charge is 2.06. The van der Waals surface area contributed by atoms with Crippen LogP contribution in [0.1, 0.15) is 27.9 Å². The zero-order valence-corrected chi connectivity index (χ0v) is 14.6. The maximum atomic E-state index is 11.6. The van der Waals surface area contributed by atoms with Crippen LogP contribution in [0.4, 0.5) is 10.5 Å². The average Bonchev–Trinajstić information content (AvgIpc) is 2.65. The number of nitrogens with two attached hydrogens (primary N) is 1. The van der Waals surface area contributed by atoms with Gasteiger partial charge in [-0.2, -0.15) is 0 Å². The van der Waals surface area contributed by atoms with Gasteiger partial charge in [0.1, 0.15) is 6.61 Å². The third kappa shape index (κ3) is 6.32. The van der Waals surface area contributed by atoms with Crippen LogP contribution in [0, 0.1) is 0 Å². The Bertz CT molecular complexity index is 773. The molecular formula is C20H22N2O4. The molecule has 3 N–H and O–H groups in total. The van der Waals surface area contributed by atoms with Crippen molar-refractivity contribution < 1.29 is 19.1 Å². The Labute approximate surface area is 152 Å². The maximum absolute atomic E-state index is 11.6. The first-order valence-electron chi connectivity index (χ1n) is 8.18. The standard InChI is InChI=1S/C20H22N2O4/c1-25-19(23)17-11-16(12-18(21)13-17)9-5-6-10-22-20(24)26-14-15-7-3-2-4-8-15/h2-5,7-9,11-13H,6,10,14,21H2,1H3,(H,22,24). The minimum absolute atomic E-state index is 0.238. The first-order valence-corrected chi connectivity index (χ1v) is 8.18. The molecule has 0 aromatic heterocycles. The van der Waals surface area contributed by atoms with Gasteiger partial charge in [-0.15, -0.1) is 0 Å². The van der Waals surface area contributed by atoms with E-state index in [0.717, 1.165) is 11.1 Å². The van der Waals surface area contributed by atoms with Crippen LogP contribution < -0.4 is 11.1 Å². The van der Waals surface area contributed by atoms with Crippen LogP contribution in [-0.2, 0) is 16.1 Å². The van der Waals surface area contributed by atoms with Crippen molar-refractivity contribution in [1.82, 2.24) is 5.32 Å². The molecular weight excluding hydrogens is 332 g/mol. The van der Waals surface area contributed by atoms with Gasteiger partial charge < -0.3 is 20.5 Å². The number of rotatable bonds is 7. The lowest BCUT2D eigenvalue weighted by atomic mass is 10.1. The average molecular weight is 354 g/mol. The van der Waals surface area contributed by atoms with Gasteiger partial charge in [0.15, 0.2) is 0 Å². The van der Waals surface area contributed by atoms with Crippen LogP contribution >= 0.6 is 0 Å². The molecule has 1 amide bonds. The summed E-state index contributed by atoms with van der Waals surface area (Å²) in [7, 11) is 1.32. The molecule has 0 spiro atoms. The number of alkyl carbamates (subject to hydrolysis) is 1. The second kappa shape index (κ2) is 9.88. The Morgan fingerprint density at radius 3 is 2.65 bits per heavy atom. The number of anilines is 1. The van der Waals surface area contributed by atoms with Crippen LogP contribution in [0.25, 0.3) is 6.08 Å². The molecule has 0 aliphatic rings. The number of esters is 1. The number of nitrogen functional groups attached to an aromatic ring is 1. The number of ether oxygens (including phenoxy) is 2. The van der Waals surface area contributed by atoms with Gasteiger partial charge in [-0.25, -0.2) is 9.59 Å². The highest BCUT2D eigenvalue weighted by Crippen LogP contribution is 2.14. The molecule has 0 unspecified atom stereocenters. The quantitative estimate of drug-likeness (QED) is 0.452. The Morgan fingerprint density at radius 2 is 1.92 bits per heavy atom. The van der Waals surface area contributed by atoms with Crippen LogP contribution in [0.3, 0.4) is 0 Å². The van der Waals surface area contributed by atoms with Crippen LogP contribution in [0.2, 0.25) is 0 Å². The van der Waals surface area contributed by atoms with E-state index >= 15 is 0 Å². The van der Waals surface area contributed by atoms with Crippen molar-refractivity contribution >= 4 is 23.8 Å². The van der Waals surface area contributed by atoms with Gasteiger partial charge in [-0.05, 0) is 35.7 Å². The Kier molecular flexibility index (Phi) is 7.24. The van der Waals surface area contributed by atoms with Gasteiger partial charge in [0.2, 0.25) is 0 Å². The van der Waals surface area contributed by atoms with Crippen molar-refractivity contribution in [3.05, 3.63) is 71.3 Å². The number of hydrogen-bond donors (Lipinski definition) is 2. The summed E-state index contributed by atoms with van der Waals surface area (Å²) in [5.74, 6) is -0.435. The fraction of sp³-hybridized carbons (Fsp3) is 0.200. The number of hydrogen-bond acceptors (Lipinski definition) is 5. The summed E-state index contributed by atoms with van der Waals surface area (Å²) < 4.78 is 9.81. The number of amides is 1. The van der Waals surface area contributed by atoms with E-state index in [0.29, 0.717) is 24.2 Å². The molecule has 2 rings (SSSR count). The molecule has 0 bridgehead atoms. The predicted molar refractivity (Wildman–Crippen MR) is 100 cm³/mol. The topological polar surface area (TPSA) is 90.6 Å². The molecule has 6 heteroatoms. The number of carbonyl (C=O) groups is 2. The first-order chi connectivity index (χ1) is 12.6. The maximum Gasteiger partial charge on any atom is 0.407 e. The summed E-state index contributed by atoms with van der Waals surface area (Å²) in [6.45, 7) is 0.679. The highest BCUT2D eigenvalue weighted by molar-refractivity contribution is 5.91. The number of methoxy groups -OCH3 is 1. The lowest BCUT2D eigenvalue weighted by Gasteiger charge is -2.06. The smallest absolute Gasteiger partial charge is 0.407 e. The van der Waals surface area contributed by atoms with E-state index in [1.165, 1.54) is 7.11 Å². The molecule has 26 heavy (non-hydrogen) atoms. The van der Waals surface area contributed by atoms with Gasteiger partial charge in [0.25, 0.3) is 0 Å². The summed E-state index contributed by atoms with van der Waals surface area (Å²) in [5, 5.41) is 2.68. The van der Waals surface area contributed by atoms with Crippen LogP contribution in [0.15, 0.2) is 54.6 Å². The molecule has 2 aromatic rings. The van der Waals surface area contributed by atoms with E-state index in [9.17, 15) is 9.59 Å². The molecule has 0 saturated heterocycles. The Balaban J connectivity index is 1.74. The van der Waals surface area contributed by atoms with Crippen molar-refractivity contribution in [3.63, 3.8) is 0 Å². The van der Waals surface area contributed by atoms with Gasteiger partial charge >= 0.3 is 12.1 Å². The molecule has 6 nitrogen and oxygen atoms in total. The third-order valence-electron chi connectivity index (χ3n) is 3.50. The van der Waals surface area contributed by atoms with Crippen LogP contribution in [0.5, 0.6) is 0 Å². The van der Waals surface area contributed by atoms with Crippen molar-refractivity contribution in [2.45, 2.75) is 13.0 Å². The fourth-order valence-electron chi connectivity index (χ4n) is 2.26. The number of benzene rings is 2. The molecule has 0 aliphatic heterocycles. The van der Waals surface area contributed by atoms with Gasteiger partial charge in [-0.1, -0.05) is 42.5 Å². The van der Waals surface area contributed by atoms with E-state index < -0.39 is 12.1 Å². The zero-order chi connectivity index (χ0) is 18.8. The fourth-order valence-corrected chi connectivity index (χ4v) is 2.26. The number of nitrogens with one attached hydrogen (secondary N) is 1. The zero-order valence-electron chi connectivity index (χ0n) is 14.6.